The highest BCUT2D eigenvalue weighted by Gasteiger charge is 2.38. The zero-order valence-electron chi connectivity index (χ0n) is 10.5. The van der Waals surface area contributed by atoms with E-state index in [0.29, 0.717) is 11.4 Å². The van der Waals surface area contributed by atoms with Crippen molar-refractivity contribution in [3.63, 3.8) is 0 Å². The summed E-state index contributed by atoms with van der Waals surface area (Å²) >= 11 is 7.47. The predicted octanol–water partition coefficient (Wildman–Crippen LogP) is 3.32. The number of nitrogens with one attached hydrogen (secondary N) is 1. The molecule has 2 heterocycles. The number of benzene rings is 1. The number of carbonyl (C=O) groups is 2. The molecule has 5 heteroatoms. The van der Waals surface area contributed by atoms with Gasteiger partial charge in [0.05, 0.1) is 5.92 Å². The Morgan fingerprint density at radius 1 is 1.15 bits per heavy atom. The normalized spacial score (nSPS) is 22.6. The third-order valence-corrected chi connectivity index (χ3v) is 4.75. The molecule has 1 aromatic heterocycles. The minimum atomic E-state index is -0.344. The van der Waals surface area contributed by atoms with Gasteiger partial charge in [-0.3, -0.25) is 14.9 Å². The Morgan fingerprint density at radius 2 is 1.90 bits per heavy atom. The molecule has 1 saturated heterocycles. The van der Waals surface area contributed by atoms with Gasteiger partial charge in [0.15, 0.2) is 0 Å². The van der Waals surface area contributed by atoms with Crippen LogP contribution in [0.15, 0.2) is 41.8 Å². The summed E-state index contributed by atoms with van der Waals surface area (Å²) in [7, 11) is 0. The van der Waals surface area contributed by atoms with E-state index < -0.39 is 0 Å². The standard InChI is InChI=1S/C15H12ClNO2S/c16-10-5-3-9(4-6-10)14-11(12-2-1-7-20-12)8-13(18)17-15(14)19/h1-7,11,14H,8H2,(H,17,18,19). The van der Waals surface area contributed by atoms with E-state index in [1.165, 1.54) is 0 Å². The van der Waals surface area contributed by atoms with E-state index in [-0.39, 0.29) is 23.7 Å². The lowest BCUT2D eigenvalue weighted by Crippen LogP contribution is -2.43. The van der Waals surface area contributed by atoms with Crippen molar-refractivity contribution >= 4 is 34.8 Å². The maximum atomic E-state index is 12.2. The van der Waals surface area contributed by atoms with Crippen LogP contribution in [0.3, 0.4) is 0 Å². The summed E-state index contributed by atoms with van der Waals surface area (Å²) in [6, 6.07) is 11.2. The van der Waals surface area contributed by atoms with Crippen molar-refractivity contribution in [2.45, 2.75) is 18.3 Å². The zero-order valence-corrected chi connectivity index (χ0v) is 12.1. The van der Waals surface area contributed by atoms with Crippen LogP contribution in [0.25, 0.3) is 0 Å². The lowest BCUT2D eigenvalue weighted by molar-refractivity contribution is -0.135. The van der Waals surface area contributed by atoms with Gasteiger partial charge in [0.2, 0.25) is 11.8 Å². The second kappa shape index (κ2) is 5.38. The smallest absolute Gasteiger partial charge is 0.234 e. The Bertz CT molecular complexity index is 636. The van der Waals surface area contributed by atoms with E-state index >= 15 is 0 Å². The highest BCUT2D eigenvalue weighted by atomic mass is 35.5. The molecule has 0 aliphatic carbocycles. The summed E-state index contributed by atoms with van der Waals surface area (Å²) < 4.78 is 0. The molecule has 3 nitrogen and oxygen atoms in total. The number of piperidine rings is 1. The molecule has 1 aliphatic rings. The summed E-state index contributed by atoms with van der Waals surface area (Å²) in [4.78, 5) is 25.0. The van der Waals surface area contributed by atoms with Gasteiger partial charge in [0.1, 0.15) is 0 Å². The van der Waals surface area contributed by atoms with Gasteiger partial charge in [-0.2, -0.15) is 0 Å². The van der Waals surface area contributed by atoms with Gasteiger partial charge < -0.3 is 0 Å². The first kappa shape index (κ1) is 13.3. The Balaban J connectivity index is 2.01. The van der Waals surface area contributed by atoms with Crippen molar-refractivity contribution in [3.05, 3.63) is 57.2 Å². The SMILES string of the molecule is O=C1CC(c2cccs2)C(c2ccc(Cl)cc2)C(=O)N1. The number of halogens is 1. The van der Waals surface area contributed by atoms with Gasteiger partial charge in [0, 0.05) is 22.2 Å². The van der Waals surface area contributed by atoms with Crippen LogP contribution in [0, 0.1) is 0 Å². The highest BCUT2D eigenvalue weighted by molar-refractivity contribution is 7.10. The molecule has 2 atom stereocenters. The van der Waals surface area contributed by atoms with Crippen LogP contribution in [-0.4, -0.2) is 11.8 Å². The molecule has 0 spiro atoms. The van der Waals surface area contributed by atoms with Crippen LogP contribution in [0.1, 0.15) is 28.7 Å². The molecular formula is C15H12ClNO2S. The van der Waals surface area contributed by atoms with Crippen LogP contribution >= 0.6 is 22.9 Å². The molecule has 1 aliphatic heterocycles. The molecule has 0 saturated carbocycles. The molecular weight excluding hydrogens is 294 g/mol. The lowest BCUT2D eigenvalue weighted by Gasteiger charge is -2.29. The first-order chi connectivity index (χ1) is 9.65. The highest BCUT2D eigenvalue weighted by Crippen LogP contribution is 2.40. The van der Waals surface area contributed by atoms with Crippen LogP contribution in [0.4, 0.5) is 0 Å². The number of thiophene rings is 1. The number of imide groups is 1. The fraction of sp³-hybridized carbons (Fsp3) is 0.200. The van der Waals surface area contributed by atoms with Crippen molar-refractivity contribution < 1.29 is 9.59 Å². The van der Waals surface area contributed by atoms with E-state index in [9.17, 15) is 9.59 Å². The van der Waals surface area contributed by atoms with Crippen LogP contribution in [0.2, 0.25) is 5.02 Å². The predicted molar refractivity (Wildman–Crippen MR) is 79.0 cm³/mol. The number of hydrogen-bond acceptors (Lipinski definition) is 3. The summed E-state index contributed by atoms with van der Waals surface area (Å²) in [6.07, 6.45) is 0.333. The molecule has 3 rings (SSSR count). The molecule has 2 amide bonds. The topological polar surface area (TPSA) is 46.2 Å². The third kappa shape index (κ3) is 2.49. The fourth-order valence-electron chi connectivity index (χ4n) is 2.59. The number of hydrogen-bond donors (Lipinski definition) is 1. The second-order valence-electron chi connectivity index (χ2n) is 4.77. The maximum absolute atomic E-state index is 12.2. The third-order valence-electron chi connectivity index (χ3n) is 3.49. The molecule has 1 N–H and O–H groups in total. The van der Waals surface area contributed by atoms with Crippen molar-refractivity contribution in [2.24, 2.45) is 0 Å². The molecule has 1 aromatic carbocycles. The lowest BCUT2D eigenvalue weighted by atomic mass is 9.80. The minimum Gasteiger partial charge on any atom is -0.296 e. The molecule has 20 heavy (non-hydrogen) atoms. The summed E-state index contributed by atoms with van der Waals surface area (Å²) in [5.41, 5.74) is 0.887. The van der Waals surface area contributed by atoms with E-state index in [0.717, 1.165) is 10.4 Å². The summed E-state index contributed by atoms with van der Waals surface area (Å²) in [5, 5.41) is 5.02. The monoisotopic (exact) mass is 305 g/mol. The second-order valence-corrected chi connectivity index (χ2v) is 6.18. The molecule has 0 bridgehead atoms. The largest absolute Gasteiger partial charge is 0.296 e. The molecule has 2 aromatic rings. The summed E-state index contributed by atoms with van der Waals surface area (Å²) in [5.74, 6) is -0.887. The van der Waals surface area contributed by atoms with Gasteiger partial charge in [0.25, 0.3) is 0 Å². The van der Waals surface area contributed by atoms with Crippen molar-refractivity contribution in [1.82, 2.24) is 5.32 Å². The Kier molecular flexibility index (Phi) is 3.59. The Morgan fingerprint density at radius 3 is 2.55 bits per heavy atom. The van der Waals surface area contributed by atoms with Crippen molar-refractivity contribution in [3.8, 4) is 0 Å². The average molecular weight is 306 g/mol. The Hall–Kier alpha value is -1.65. The van der Waals surface area contributed by atoms with Gasteiger partial charge >= 0.3 is 0 Å². The minimum absolute atomic E-state index is 0.0996. The van der Waals surface area contributed by atoms with E-state index in [1.807, 2.05) is 29.6 Å². The van der Waals surface area contributed by atoms with Crippen LogP contribution < -0.4 is 5.32 Å². The van der Waals surface area contributed by atoms with Gasteiger partial charge in [-0.15, -0.1) is 11.3 Å². The first-order valence-corrected chi connectivity index (χ1v) is 7.53. The van der Waals surface area contributed by atoms with E-state index in [2.05, 4.69) is 5.32 Å². The van der Waals surface area contributed by atoms with Gasteiger partial charge in [-0.1, -0.05) is 29.8 Å². The average Bonchev–Trinajstić information content (AvgIpc) is 2.93. The zero-order chi connectivity index (χ0) is 14.1. The first-order valence-electron chi connectivity index (χ1n) is 6.27. The molecule has 0 radical (unpaired) electrons. The van der Waals surface area contributed by atoms with Gasteiger partial charge in [-0.05, 0) is 29.1 Å². The van der Waals surface area contributed by atoms with Gasteiger partial charge in [-0.25, -0.2) is 0 Å². The van der Waals surface area contributed by atoms with Crippen LogP contribution in [-0.2, 0) is 9.59 Å². The number of carbonyl (C=O) groups excluding carboxylic acids is 2. The number of rotatable bonds is 2. The number of amides is 2. The molecule has 2 unspecified atom stereocenters. The molecule has 102 valence electrons. The molecule has 1 fully saturated rings. The maximum Gasteiger partial charge on any atom is 0.234 e. The quantitative estimate of drug-likeness (QED) is 0.865. The van der Waals surface area contributed by atoms with E-state index in [1.54, 1.807) is 23.5 Å². The van der Waals surface area contributed by atoms with Crippen LogP contribution in [0.5, 0.6) is 0 Å². The van der Waals surface area contributed by atoms with Crippen molar-refractivity contribution in [2.75, 3.05) is 0 Å². The fourth-order valence-corrected chi connectivity index (χ4v) is 3.58. The summed E-state index contributed by atoms with van der Waals surface area (Å²) in [6.45, 7) is 0. The van der Waals surface area contributed by atoms with Crippen molar-refractivity contribution in [1.29, 1.82) is 0 Å². The Labute approximate surface area is 125 Å². The van der Waals surface area contributed by atoms with E-state index in [4.69, 9.17) is 11.6 Å².